The lowest BCUT2D eigenvalue weighted by Crippen LogP contribution is -2.17. The minimum atomic E-state index is -1.64. The Morgan fingerprint density at radius 3 is 2.90 bits per heavy atom. The van der Waals surface area contributed by atoms with E-state index in [2.05, 4.69) is 10.2 Å². The van der Waals surface area contributed by atoms with E-state index in [4.69, 9.17) is 4.74 Å². The van der Waals surface area contributed by atoms with E-state index in [0.717, 1.165) is 5.69 Å². The van der Waals surface area contributed by atoms with Crippen LogP contribution in [0.3, 0.4) is 0 Å². The van der Waals surface area contributed by atoms with Crippen LogP contribution in [0.25, 0.3) is 0 Å². The number of aliphatic hydroxyl groups is 1. The van der Waals surface area contributed by atoms with Gasteiger partial charge in [-0.1, -0.05) is 18.2 Å². The maximum atomic E-state index is 13.8. The Morgan fingerprint density at radius 2 is 2.25 bits per heavy atom. The number of rotatable bonds is 4. The predicted molar refractivity (Wildman–Crippen MR) is 69.2 cm³/mol. The topological polar surface area (TPSA) is 75.2 Å². The van der Waals surface area contributed by atoms with Gasteiger partial charge in [-0.05, 0) is 25.5 Å². The quantitative estimate of drug-likeness (QED) is 0.838. The van der Waals surface area contributed by atoms with E-state index < -0.39 is 17.9 Å². The van der Waals surface area contributed by atoms with Crippen molar-refractivity contribution in [1.29, 1.82) is 0 Å². The van der Waals surface area contributed by atoms with Crippen LogP contribution >= 0.6 is 0 Å². The van der Waals surface area contributed by atoms with Crippen molar-refractivity contribution in [2.75, 3.05) is 0 Å². The number of carbonyl (C=O) groups is 1. The molecule has 6 heteroatoms. The van der Waals surface area contributed by atoms with E-state index in [0.29, 0.717) is 11.3 Å². The van der Waals surface area contributed by atoms with E-state index in [1.54, 1.807) is 25.1 Å². The van der Waals surface area contributed by atoms with Crippen molar-refractivity contribution in [2.45, 2.75) is 26.6 Å². The van der Waals surface area contributed by atoms with Crippen molar-refractivity contribution >= 4 is 5.97 Å². The molecule has 0 amide bonds. The summed E-state index contributed by atoms with van der Waals surface area (Å²) in [6.07, 6.45) is -1.64. The van der Waals surface area contributed by atoms with E-state index in [1.165, 1.54) is 6.07 Å². The van der Waals surface area contributed by atoms with Gasteiger partial charge in [0.25, 0.3) is 0 Å². The highest BCUT2D eigenvalue weighted by molar-refractivity contribution is 5.76. The minimum absolute atomic E-state index is 0.0757. The standard InChI is InChI=1S/C14H15FN2O3/c1-8-4-3-5-11(12(8)15)13(18)14(19)20-7-10-6-9(2)16-17-10/h3-6,13,18H,7H2,1-2H3,(H,16,17). The lowest BCUT2D eigenvalue weighted by atomic mass is 10.1. The minimum Gasteiger partial charge on any atom is -0.457 e. The summed E-state index contributed by atoms with van der Waals surface area (Å²) in [7, 11) is 0. The van der Waals surface area contributed by atoms with Crippen LogP contribution in [0.2, 0.25) is 0 Å². The van der Waals surface area contributed by atoms with Gasteiger partial charge in [0, 0.05) is 11.3 Å². The highest BCUT2D eigenvalue weighted by Crippen LogP contribution is 2.21. The summed E-state index contributed by atoms with van der Waals surface area (Å²) in [5.41, 5.74) is 1.64. The first-order valence-corrected chi connectivity index (χ1v) is 6.09. The number of nitrogens with zero attached hydrogens (tertiary/aromatic N) is 1. The van der Waals surface area contributed by atoms with Gasteiger partial charge < -0.3 is 9.84 Å². The monoisotopic (exact) mass is 278 g/mol. The molecule has 2 rings (SSSR count). The first-order chi connectivity index (χ1) is 9.49. The number of hydrogen-bond donors (Lipinski definition) is 2. The maximum absolute atomic E-state index is 13.8. The molecule has 1 aromatic heterocycles. The van der Waals surface area contributed by atoms with Crippen LogP contribution < -0.4 is 0 Å². The molecule has 2 N–H and O–H groups in total. The third kappa shape index (κ3) is 3.03. The molecule has 0 saturated heterocycles. The first-order valence-electron chi connectivity index (χ1n) is 6.09. The van der Waals surface area contributed by atoms with E-state index in [1.807, 2.05) is 6.92 Å². The van der Waals surface area contributed by atoms with Gasteiger partial charge in [-0.25, -0.2) is 9.18 Å². The fraction of sp³-hybridized carbons (Fsp3) is 0.286. The van der Waals surface area contributed by atoms with Crippen molar-refractivity contribution in [3.63, 3.8) is 0 Å². The Labute approximate surface area is 115 Å². The molecular weight excluding hydrogens is 263 g/mol. The molecule has 20 heavy (non-hydrogen) atoms. The van der Waals surface area contributed by atoms with Gasteiger partial charge in [-0.15, -0.1) is 0 Å². The number of benzene rings is 1. The van der Waals surface area contributed by atoms with E-state index in [9.17, 15) is 14.3 Å². The van der Waals surface area contributed by atoms with Gasteiger partial charge in [0.05, 0.1) is 5.69 Å². The van der Waals surface area contributed by atoms with Gasteiger partial charge in [0.15, 0.2) is 6.10 Å². The summed E-state index contributed by atoms with van der Waals surface area (Å²) < 4.78 is 18.7. The van der Waals surface area contributed by atoms with Gasteiger partial charge >= 0.3 is 5.97 Å². The molecule has 2 aromatic rings. The average molecular weight is 278 g/mol. The molecule has 0 bridgehead atoms. The normalized spacial score (nSPS) is 12.2. The number of ether oxygens (including phenoxy) is 1. The number of nitrogens with one attached hydrogen (secondary N) is 1. The Hall–Kier alpha value is -2.21. The zero-order valence-electron chi connectivity index (χ0n) is 11.2. The third-order valence-electron chi connectivity index (χ3n) is 2.86. The molecule has 0 aliphatic heterocycles. The number of hydrogen-bond acceptors (Lipinski definition) is 4. The summed E-state index contributed by atoms with van der Waals surface area (Å²) in [4.78, 5) is 11.7. The van der Waals surface area contributed by atoms with Crippen LogP contribution in [-0.2, 0) is 16.1 Å². The summed E-state index contributed by atoms with van der Waals surface area (Å²) in [6.45, 7) is 3.30. The summed E-state index contributed by atoms with van der Waals surface area (Å²) in [5.74, 6) is -1.51. The SMILES string of the molecule is Cc1cc(COC(=O)C(O)c2cccc(C)c2F)n[nH]1. The number of aryl methyl sites for hydroxylation is 2. The molecule has 1 unspecified atom stereocenters. The zero-order chi connectivity index (χ0) is 14.7. The number of aliphatic hydroxyl groups excluding tert-OH is 1. The molecule has 1 aromatic carbocycles. The lowest BCUT2D eigenvalue weighted by Gasteiger charge is -2.12. The Kier molecular flexibility index (Phi) is 4.14. The molecule has 0 saturated carbocycles. The molecule has 106 valence electrons. The van der Waals surface area contributed by atoms with E-state index in [-0.39, 0.29) is 12.2 Å². The number of H-pyrrole nitrogens is 1. The van der Waals surface area contributed by atoms with Crippen LogP contribution in [0.1, 0.15) is 28.6 Å². The first kappa shape index (κ1) is 14.2. The molecule has 0 fully saturated rings. The largest absolute Gasteiger partial charge is 0.457 e. The fourth-order valence-electron chi connectivity index (χ4n) is 1.78. The molecule has 0 radical (unpaired) electrons. The Morgan fingerprint density at radius 1 is 1.50 bits per heavy atom. The predicted octanol–water partition coefficient (Wildman–Crippen LogP) is 1.94. The summed E-state index contributed by atoms with van der Waals surface area (Å²) in [5, 5.41) is 16.4. The molecule has 5 nitrogen and oxygen atoms in total. The van der Waals surface area contributed by atoms with Gasteiger partial charge in [-0.3, -0.25) is 5.10 Å². The third-order valence-corrected chi connectivity index (χ3v) is 2.86. The molecular formula is C14H15FN2O3. The van der Waals surface area contributed by atoms with Gasteiger partial charge in [0.2, 0.25) is 0 Å². The van der Waals surface area contributed by atoms with Crippen LogP contribution in [0.4, 0.5) is 4.39 Å². The van der Waals surface area contributed by atoms with Crippen molar-refractivity contribution in [3.8, 4) is 0 Å². The molecule has 0 aliphatic carbocycles. The number of esters is 1. The number of aromatic amines is 1. The van der Waals surface area contributed by atoms with Crippen LogP contribution in [0.5, 0.6) is 0 Å². The summed E-state index contributed by atoms with van der Waals surface area (Å²) in [6, 6.07) is 6.20. The van der Waals surface area contributed by atoms with Gasteiger partial charge in [0.1, 0.15) is 12.4 Å². The maximum Gasteiger partial charge on any atom is 0.340 e. The molecule has 1 atom stereocenters. The Balaban J connectivity index is 2.03. The van der Waals surface area contributed by atoms with E-state index >= 15 is 0 Å². The van der Waals surface area contributed by atoms with Gasteiger partial charge in [-0.2, -0.15) is 5.10 Å². The lowest BCUT2D eigenvalue weighted by molar-refractivity contribution is -0.155. The second kappa shape index (κ2) is 5.83. The van der Waals surface area contributed by atoms with Crippen LogP contribution in [0.15, 0.2) is 24.3 Å². The number of carbonyl (C=O) groups excluding carboxylic acids is 1. The van der Waals surface area contributed by atoms with Crippen molar-refractivity contribution in [3.05, 3.63) is 52.6 Å². The zero-order valence-corrected chi connectivity index (χ0v) is 11.2. The number of aromatic nitrogens is 2. The van der Waals surface area contributed by atoms with Crippen LogP contribution in [0, 0.1) is 19.7 Å². The molecule has 0 spiro atoms. The van der Waals surface area contributed by atoms with Crippen molar-refractivity contribution < 1.29 is 19.0 Å². The molecule has 1 heterocycles. The second-order valence-corrected chi connectivity index (χ2v) is 4.53. The Bertz CT molecular complexity index is 625. The fourth-order valence-corrected chi connectivity index (χ4v) is 1.78. The average Bonchev–Trinajstić information content (AvgIpc) is 2.84. The highest BCUT2D eigenvalue weighted by atomic mass is 19.1. The summed E-state index contributed by atoms with van der Waals surface area (Å²) >= 11 is 0. The number of halogens is 1. The molecule has 0 aliphatic rings. The second-order valence-electron chi connectivity index (χ2n) is 4.53. The van der Waals surface area contributed by atoms with Crippen LogP contribution in [-0.4, -0.2) is 21.3 Å². The van der Waals surface area contributed by atoms with Crippen molar-refractivity contribution in [2.24, 2.45) is 0 Å². The smallest absolute Gasteiger partial charge is 0.340 e. The highest BCUT2D eigenvalue weighted by Gasteiger charge is 2.23. The van der Waals surface area contributed by atoms with Crippen molar-refractivity contribution in [1.82, 2.24) is 10.2 Å².